The van der Waals surface area contributed by atoms with Gasteiger partial charge in [-0.25, -0.2) is 9.59 Å². The van der Waals surface area contributed by atoms with Gasteiger partial charge in [-0.05, 0) is 37.3 Å². The Morgan fingerprint density at radius 3 is 2.44 bits per heavy atom. The van der Waals surface area contributed by atoms with Gasteiger partial charge in [0.25, 0.3) is 0 Å². The fourth-order valence-corrected chi connectivity index (χ4v) is 9.14. The van der Waals surface area contributed by atoms with Crippen molar-refractivity contribution in [2.24, 2.45) is 10.8 Å². The fourth-order valence-electron chi connectivity index (χ4n) is 7.44. The number of alkyl carbamates (subject to hydrolysis) is 1. The minimum absolute atomic E-state index is 0.0320. The van der Waals surface area contributed by atoms with Crippen molar-refractivity contribution < 1.29 is 73.2 Å². The number of ketones is 3. The molecule has 1 fully saturated rings. The number of methoxy groups -OCH3 is 1. The van der Waals surface area contributed by atoms with E-state index in [2.05, 4.69) is 38.4 Å². The number of hydrazone groups is 1. The average Bonchev–Trinajstić information content (AvgIpc) is 3.26. The monoisotopic (exact) mass is 944 g/mol. The third-order valence-electron chi connectivity index (χ3n) is 10.4. The molecule has 6 rings (SSSR count). The third-order valence-corrected chi connectivity index (χ3v) is 12.8. The van der Waals surface area contributed by atoms with Gasteiger partial charge < -0.3 is 60.3 Å². The molecule has 2 heterocycles. The maximum absolute atomic E-state index is 14.0. The molecule has 21 nitrogen and oxygen atoms in total. The molecule has 1 saturated heterocycles. The number of hydrogen-bond acceptors (Lipinski definition) is 20. The summed E-state index contributed by atoms with van der Waals surface area (Å²) >= 11 is 4.69. The van der Waals surface area contributed by atoms with Crippen molar-refractivity contribution in [3.63, 3.8) is 0 Å². The highest BCUT2D eigenvalue weighted by atomic mass is 33.1. The SMILES string of the molecule is COc1cccc2c1C(=O)c1c(O)c3c(c(O)c1C2=O)CC(O)(C(=O)CO)C[C@H]3OC1CC(NC(=O)OCCSSCCOC(=O)Nc2cccnc2C=NNC(N)=S)C(O)C(C)O1. The summed E-state index contributed by atoms with van der Waals surface area (Å²) in [7, 11) is 4.01. The number of aliphatic hydroxyl groups excluding tert-OH is 2. The van der Waals surface area contributed by atoms with E-state index in [1.54, 1.807) is 12.1 Å². The van der Waals surface area contributed by atoms with Gasteiger partial charge in [-0.1, -0.05) is 33.7 Å². The van der Waals surface area contributed by atoms with Crippen LogP contribution in [0.15, 0.2) is 41.6 Å². The first-order valence-electron chi connectivity index (χ1n) is 19.5. The number of carbonyl (C=O) groups excluding carboxylic acids is 5. The van der Waals surface area contributed by atoms with Crippen LogP contribution in [0.3, 0.4) is 0 Å². The number of Topliss-reactive ketones (excluding diaryl/α,β-unsaturated/α-hetero) is 1. The highest BCUT2D eigenvalue weighted by Crippen LogP contribution is 2.52. The van der Waals surface area contributed by atoms with Gasteiger partial charge in [0, 0.05) is 53.7 Å². The first kappa shape index (κ1) is 47.9. The van der Waals surface area contributed by atoms with Crippen LogP contribution in [0.1, 0.15) is 74.5 Å². The van der Waals surface area contributed by atoms with E-state index in [-0.39, 0.29) is 52.8 Å². The summed E-state index contributed by atoms with van der Waals surface area (Å²) in [5.74, 6) is -3.43. The molecular formula is C40H44N6O15S3. The molecule has 2 amide bonds. The van der Waals surface area contributed by atoms with Gasteiger partial charge in [0.2, 0.25) is 5.78 Å². The van der Waals surface area contributed by atoms with Crippen molar-refractivity contribution in [3.8, 4) is 17.2 Å². The van der Waals surface area contributed by atoms with Crippen molar-refractivity contribution in [1.82, 2.24) is 15.7 Å². The number of aromatic nitrogens is 1. The standard InChI is InChI=1S/C40H44N6O15S3/c1-18-32(49)22(45-39(55)59-10-12-64-63-11-9-58-38(54)44-21-6-4-8-42-23(21)16-43-46-37(41)62)13-27(60-18)61-25-15-40(56,26(48)17-47)14-20-29(25)36(53)31-30(34(20)51)33(50)19-5-3-7-24(57-2)28(19)35(31)52/h3-8,16,18,22,25,27,32,47,49,51,53,56H,9-15,17H2,1-2H3,(H,44,54)(H,45,55)(H3,41,46,62)/t18?,22?,25-,27?,32?,40?/m1/s1. The lowest BCUT2D eigenvalue weighted by Gasteiger charge is -2.42. The number of phenolic OH excluding ortho intramolecular Hbond substituents is 2. The van der Waals surface area contributed by atoms with Crippen LogP contribution in [0.2, 0.25) is 0 Å². The van der Waals surface area contributed by atoms with Crippen molar-refractivity contribution in [3.05, 3.63) is 75.6 Å². The fraction of sp³-hybridized carbons (Fsp3) is 0.400. The van der Waals surface area contributed by atoms with E-state index in [1.165, 1.54) is 66.2 Å². The second kappa shape index (κ2) is 20.9. The van der Waals surface area contributed by atoms with Crippen molar-refractivity contribution in [2.75, 3.05) is 43.8 Å². The molecule has 6 atom stereocenters. The number of anilines is 1. The number of pyridine rings is 1. The van der Waals surface area contributed by atoms with E-state index in [1.807, 2.05) is 0 Å². The lowest BCUT2D eigenvalue weighted by atomic mass is 9.72. The van der Waals surface area contributed by atoms with E-state index >= 15 is 0 Å². The predicted octanol–water partition coefficient (Wildman–Crippen LogP) is 1.96. The van der Waals surface area contributed by atoms with Gasteiger partial charge in [-0.15, -0.1) is 0 Å². The summed E-state index contributed by atoms with van der Waals surface area (Å²) in [6, 6.07) is 6.48. The summed E-state index contributed by atoms with van der Waals surface area (Å²) in [5.41, 5.74) is 4.21. The van der Waals surface area contributed by atoms with E-state index in [4.69, 9.17) is 29.4 Å². The zero-order chi connectivity index (χ0) is 46.3. The lowest BCUT2D eigenvalue weighted by Crippen LogP contribution is -2.56. The second-order valence-electron chi connectivity index (χ2n) is 14.5. The highest BCUT2D eigenvalue weighted by Gasteiger charge is 2.50. The van der Waals surface area contributed by atoms with Crippen LogP contribution in [-0.2, 0) is 30.2 Å². The molecule has 10 N–H and O–H groups in total. The number of fused-ring (bicyclic) bond motifs is 3. The number of aliphatic hydroxyl groups is 3. The molecule has 342 valence electrons. The Balaban J connectivity index is 1.04. The molecule has 3 aromatic rings. The minimum atomic E-state index is -2.37. The lowest BCUT2D eigenvalue weighted by molar-refractivity contribution is -0.249. The third kappa shape index (κ3) is 10.5. The van der Waals surface area contributed by atoms with Gasteiger partial charge in [-0.3, -0.25) is 30.1 Å². The Morgan fingerprint density at radius 2 is 1.75 bits per heavy atom. The molecule has 5 unspecified atom stereocenters. The zero-order valence-electron chi connectivity index (χ0n) is 34.1. The van der Waals surface area contributed by atoms with Crippen molar-refractivity contribution in [2.45, 2.75) is 62.4 Å². The normalized spacial score (nSPS) is 22.4. The molecule has 1 aromatic heterocycles. The Morgan fingerprint density at radius 1 is 1.05 bits per heavy atom. The summed E-state index contributed by atoms with van der Waals surface area (Å²) in [6.45, 7) is 0.435. The molecule has 0 bridgehead atoms. The van der Waals surface area contributed by atoms with Crippen molar-refractivity contribution >= 4 is 80.4 Å². The number of phenols is 2. The largest absolute Gasteiger partial charge is 0.507 e. The second-order valence-corrected chi connectivity index (χ2v) is 17.6. The van der Waals surface area contributed by atoms with Gasteiger partial charge in [0.05, 0.1) is 54.0 Å². The average molecular weight is 945 g/mol. The molecule has 0 spiro atoms. The maximum atomic E-state index is 14.0. The summed E-state index contributed by atoms with van der Waals surface area (Å²) < 4.78 is 27.9. The Kier molecular flexibility index (Phi) is 15.7. The maximum Gasteiger partial charge on any atom is 0.411 e. The van der Waals surface area contributed by atoms with Crippen LogP contribution in [0.5, 0.6) is 17.2 Å². The molecule has 24 heteroatoms. The number of benzene rings is 2. The van der Waals surface area contributed by atoms with Crippen LogP contribution in [0.25, 0.3) is 0 Å². The number of ether oxygens (including phenoxy) is 5. The van der Waals surface area contributed by atoms with Crippen LogP contribution in [0, 0.1) is 0 Å². The van der Waals surface area contributed by atoms with Gasteiger partial charge in [-0.2, -0.15) is 5.10 Å². The molecule has 1 aliphatic heterocycles. The Bertz CT molecular complexity index is 2350. The number of nitrogens with one attached hydrogen (secondary N) is 3. The molecular weight excluding hydrogens is 901 g/mol. The highest BCUT2D eigenvalue weighted by molar-refractivity contribution is 8.76. The number of thiocarbonyl (C=S) groups is 1. The number of amides is 2. The quantitative estimate of drug-likeness (QED) is 0.0194. The topological polar surface area (TPSA) is 320 Å². The Hall–Kier alpha value is -5.60. The molecule has 0 radical (unpaired) electrons. The summed E-state index contributed by atoms with van der Waals surface area (Å²) in [5, 5.41) is 64.6. The number of rotatable bonds is 16. The van der Waals surface area contributed by atoms with Crippen LogP contribution < -0.4 is 26.5 Å². The first-order valence-corrected chi connectivity index (χ1v) is 22.4. The molecule has 0 saturated carbocycles. The van der Waals surface area contributed by atoms with E-state index in [0.29, 0.717) is 22.9 Å². The molecule has 2 aliphatic carbocycles. The Labute approximate surface area is 377 Å². The van der Waals surface area contributed by atoms with Gasteiger partial charge in [0.1, 0.15) is 54.5 Å². The predicted molar refractivity (Wildman–Crippen MR) is 234 cm³/mol. The first-order chi connectivity index (χ1) is 30.6. The number of nitrogens with zero attached hydrogens (tertiary/aromatic N) is 2. The van der Waals surface area contributed by atoms with E-state index in [0.717, 1.165) is 0 Å². The van der Waals surface area contributed by atoms with Crippen molar-refractivity contribution in [1.29, 1.82) is 0 Å². The molecule has 64 heavy (non-hydrogen) atoms. The van der Waals surface area contributed by atoms with Gasteiger partial charge >= 0.3 is 12.2 Å². The van der Waals surface area contributed by atoms with Gasteiger partial charge in [0.15, 0.2) is 23.0 Å². The number of carbonyl (C=O) groups is 5. The van der Waals surface area contributed by atoms with Crippen LogP contribution >= 0.6 is 33.8 Å². The molecule has 3 aliphatic rings. The van der Waals surface area contributed by atoms with Crippen LogP contribution in [0.4, 0.5) is 15.3 Å². The summed E-state index contributed by atoms with van der Waals surface area (Å²) in [6.07, 6.45) is -5.24. The zero-order valence-corrected chi connectivity index (χ0v) is 36.5. The summed E-state index contributed by atoms with van der Waals surface area (Å²) in [4.78, 5) is 69.9. The van der Waals surface area contributed by atoms with E-state index in [9.17, 15) is 49.5 Å². The number of nitrogens with two attached hydrogens (primary N) is 1. The minimum Gasteiger partial charge on any atom is -0.507 e. The van der Waals surface area contributed by atoms with E-state index < -0.39 is 108 Å². The number of aromatic hydroxyl groups is 2. The smallest absolute Gasteiger partial charge is 0.411 e. The molecule has 2 aromatic carbocycles. The van der Waals surface area contributed by atoms with Crippen LogP contribution in [-0.4, -0.2) is 140 Å². The number of hydrogen-bond donors (Lipinski definition) is 9.